The van der Waals surface area contributed by atoms with Crippen LogP contribution in [0, 0.1) is 11.8 Å². The second kappa shape index (κ2) is 7.17. The van der Waals surface area contributed by atoms with Gasteiger partial charge in [0.2, 0.25) is 0 Å². The quantitative estimate of drug-likeness (QED) is 0.895. The molecule has 1 aliphatic rings. The van der Waals surface area contributed by atoms with Gasteiger partial charge in [-0.1, -0.05) is 33.8 Å². The van der Waals surface area contributed by atoms with Crippen LogP contribution in [-0.2, 0) is 6.54 Å². The second-order valence-corrected chi connectivity index (χ2v) is 6.89. The SMILES string of the molecule is COc1cc(CNC(C)C)ccc1N1CC(C)CC(C)C1. The van der Waals surface area contributed by atoms with Crippen LogP contribution in [0.3, 0.4) is 0 Å². The predicted octanol–water partition coefficient (Wildman–Crippen LogP) is 3.68. The average Bonchev–Trinajstić information content (AvgIpc) is 2.43. The Morgan fingerprint density at radius 3 is 2.48 bits per heavy atom. The summed E-state index contributed by atoms with van der Waals surface area (Å²) in [6, 6.07) is 7.12. The van der Waals surface area contributed by atoms with Crippen molar-refractivity contribution in [2.75, 3.05) is 25.1 Å². The fraction of sp³-hybridized carbons (Fsp3) is 0.667. The number of methoxy groups -OCH3 is 1. The third-order valence-corrected chi connectivity index (χ3v) is 4.17. The zero-order chi connectivity index (χ0) is 15.4. The lowest BCUT2D eigenvalue weighted by molar-refractivity contribution is 0.351. The summed E-state index contributed by atoms with van der Waals surface area (Å²) in [5.41, 5.74) is 2.52. The normalized spacial score (nSPS) is 22.7. The molecule has 2 rings (SSSR count). The number of hydrogen-bond acceptors (Lipinski definition) is 3. The summed E-state index contributed by atoms with van der Waals surface area (Å²) >= 11 is 0. The van der Waals surface area contributed by atoms with Crippen molar-refractivity contribution >= 4 is 5.69 Å². The molecule has 1 N–H and O–H groups in total. The molecule has 3 nitrogen and oxygen atoms in total. The van der Waals surface area contributed by atoms with Crippen LogP contribution in [0.15, 0.2) is 18.2 Å². The van der Waals surface area contributed by atoms with Crippen LogP contribution in [0.5, 0.6) is 5.75 Å². The number of ether oxygens (including phenoxy) is 1. The van der Waals surface area contributed by atoms with E-state index in [0.717, 1.165) is 37.2 Å². The maximum Gasteiger partial charge on any atom is 0.142 e. The van der Waals surface area contributed by atoms with Crippen molar-refractivity contribution in [2.45, 2.75) is 46.7 Å². The van der Waals surface area contributed by atoms with E-state index in [1.807, 2.05) is 0 Å². The first-order valence-electron chi connectivity index (χ1n) is 8.14. The number of nitrogens with zero attached hydrogens (tertiary/aromatic N) is 1. The number of nitrogens with one attached hydrogen (secondary N) is 1. The Balaban J connectivity index is 2.15. The van der Waals surface area contributed by atoms with Crippen LogP contribution >= 0.6 is 0 Å². The molecule has 2 atom stereocenters. The van der Waals surface area contributed by atoms with Crippen molar-refractivity contribution in [3.63, 3.8) is 0 Å². The Morgan fingerprint density at radius 1 is 1.24 bits per heavy atom. The van der Waals surface area contributed by atoms with Gasteiger partial charge >= 0.3 is 0 Å². The van der Waals surface area contributed by atoms with E-state index in [4.69, 9.17) is 4.74 Å². The van der Waals surface area contributed by atoms with Crippen LogP contribution < -0.4 is 15.0 Å². The summed E-state index contributed by atoms with van der Waals surface area (Å²) in [6.45, 7) is 12.2. The Morgan fingerprint density at radius 2 is 1.90 bits per heavy atom. The number of anilines is 1. The molecule has 0 radical (unpaired) electrons. The Bertz CT molecular complexity index is 449. The van der Waals surface area contributed by atoms with Gasteiger partial charge in [-0.3, -0.25) is 0 Å². The van der Waals surface area contributed by atoms with Gasteiger partial charge < -0.3 is 15.0 Å². The molecule has 1 heterocycles. The van der Waals surface area contributed by atoms with Crippen LogP contribution in [-0.4, -0.2) is 26.2 Å². The Hall–Kier alpha value is -1.22. The van der Waals surface area contributed by atoms with Crippen molar-refractivity contribution in [1.29, 1.82) is 0 Å². The van der Waals surface area contributed by atoms with Crippen molar-refractivity contribution < 1.29 is 4.74 Å². The van der Waals surface area contributed by atoms with E-state index >= 15 is 0 Å². The van der Waals surface area contributed by atoms with E-state index < -0.39 is 0 Å². The predicted molar refractivity (Wildman–Crippen MR) is 90.1 cm³/mol. The maximum atomic E-state index is 5.65. The summed E-state index contributed by atoms with van der Waals surface area (Å²) < 4.78 is 5.65. The summed E-state index contributed by atoms with van der Waals surface area (Å²) in [5.74, 6) is 2.50. The standard InChI is InChI=1S/C18H30N2O/c1-13(2)19-10-16-6-7-17(18(9-16)21-5)20-11-14(3)8-15(4)12-20/h6-7,9,13-15,19H,8,10-12H2,1-5H3. The molecule has 3 heteroatoms. The largest absolute Gasteiger partial charge is 0.495 e. The third-order valence-electron chi connectivity index (χ3n) is 4.17. The molecule has 0 spiro atoms. The van der Waals surface area contributed by atoms with Gasteiger partial charge in [0.1, 0.15) is 5.75 Å². The molecule has 0 aromatic heterocycles. The van der Waals surface area contributed by atoms with Crippen molar-refractivity contribution in [1.82, 2.24) is 5.32 Å². The van der Waals surface area contributed by atoms with Gasteiger partial charge in [-0.2, -0.15) is 0 Å². The minimum Gasteiger partial charge on any atom is -0.495 e. The molecule has 1 saturated heterocycles. The van der Waals surface area contributed by atoms with Gasteiger partial charge in [-0.15, -0.1) is 0 Å². The molecule has 1 aromatic rings. The van der Waals surface area contributed by atoms with E-state index in [1.165, 1.54) is 17.7 Å². The molecule has 0 aliphatic carbocycles. The topological polar surface area (TPSA) is 24.5 Å². The monoisotopic (exact) mass is 290 g/mol. The minimum atomic E-state index is 0.500. The molecule has 0 bridgehead atoms. The van der Waals surface area contributed by atoms with Crippen LogP contribution in [0.1, 0.15) is 39.7 Å². The zero-order valence-corrected chi connectivity index (χ0v) is 14.1. The molecule has 0 saturated carbocycles. The first kappa shape index (κ1) is 16.2. The molecule has 1 fully saturated rings. The molecule has 0 amide bonds. The fourth-order valence-electron chi connectivity index (χ4n) is 3.27. The molecule has 2 unspecified atom stereocenters. The first-order valence-corrected chi connectivity index (χ1v) is 8.14. The van der Waals surface area contributed by atoms with E-state index in [-0.39, 0.29) is 0 Å². The van der Waals surface area contributed by atoms with Gasteiger partial charge in [-0.05, 0) is 36.0 Å². The lowest BCUT2D eigenvalue weighted by Crippen LogP contribution is -2.38. The van der Waals surface area contributed by atoms with Gasteiger partial charge in [0.05, 0.1) is 12.8 Å². The Kier molecular flexibility index (Phi) is 5.51. The number of rotatable bonds is 5. The highest BCUT2D eigenvalue weighted by Gasteiger charge is 2.24. The highest BCUT2D eigenvalue weighted by Crippen LogP contribution is 2.33. The van der Waals surface area contributed by atoms with Gasteiger partial charge in [0.25, 0.3) is 0 Å². The van der Waals surface area contributed by atoms with Gasteiger partial charge in [-0.25, -0.2) is 0 Å². The summed E-state index contributed by atoms with van der Waals surface area (Å²) in [4.78, 5) is 2.48. The zero-order valence-electron chi connectivity index (χ0n) is 14.1. The van der Waals surface area contributed by atoms with Crippen LogP contribution in [0.25, 0.3) is 0 Å². The molecule has 1 aliphatic heterocycles. The van der Waals surface area contributed by atoms with E-state index in [1.54, 1.807) is 7.11 Å². The minimum absolute atomic E-state index is 0.500. The highest BCUT2D eigenvalue weighted by molar-refractivity contribution is 5.60. The number of piperidine rings is 1. The molecule has 1 aromatic carbocycles. The van der Waals surface area contributed by atoms with Crippen LogP contribution in [0.4, 0.5) is 5.69 Å². The lowest BCUT2D eigenvalue weighted by Gasteiger charge is -2.37. The highest BCUT2D eigenvalue weighted by atomic mass is 16.5. The molecule has 21 heavy (non-hydrogen) atoms. The van der Waals surface area contributed by atoms with Crippen molar-refractivity contribution in [3.8, 4) is 5.75 Å². The van der Waals surface area contributed by atoms with E-state index in [9.17, 15) is 0 Å². The molecular weight excluding hydrogens is 260 g/mol. The van der Waals surface area contributed by atoms with Crippen LogP contribution in [0.2, 0.25) is 0 Å². The fourth-order valence-corrected chi connectivity index (χ4v) is 3.27. The maximum absolute atomic E-state index is 5.65. The summed E-state index contributed by atoms with van der Waals surface area (Å²) in [7, 11) is 1.77. The summed E-state index contributed by atoms with van der Waals surface area (Å²) in [6.07, 6.45) is 1.33. The second-order valence-electron chi connectivity index (χ2n) is 6.89. The molecule has 118 valence electrons. The Labute approximate surface area is 129 Å². The average molecular weight is 290 g/mol. The van der Waals surface area contributed by atoms with Gasteiger partial charge in [0.15, 0.2) is 0 Å². The van der Waals surface area contributed by atoms with E-state index in [2.05, 4.69) is 56.1 Å². The molecular formula is C18H30N2O. The number of benzene rings is 1. The van der Waals surface area contributed by atoms with Crippen molar-refractivity contribution in [3.05, 3.63) is 23.8 Å². The van der Waals surface area contributed by atoms with Crippen molar-refractivity contribution in [2.24, 2.45) is 11.8 Å². The van der Waals surface area contributed by atoms with E-state index in [0.29, 0.717) is 6.04 Å². The van der Waals surface area contributed by atoms with Gasteiger partial charge in [0, 0.05) is 25.7 Å². The lowest BCUT2D eigenvalue weighted by atomic mass is 9.91. The first-order chi connectivity index (χ1) is 9.99. The summed E-state index contributed by atoms with van der Waals surface area (Å²) in [5, 5.41) is 3.46. The smallest absolute Gasteiger partial charge is 0.142 e. The number of hydrogen-bond donors (Lipinski definition) is 1. The third kappa shape index (κ3) is 4.37.